The van der Waals surface area contributed by atoms with Crippen molar-refractivity contribution in [2.75, 3.05) is 25.0 Å². The van der Waals surface area contributed by atoms with Crippen molar-refractivity contribution >= 4 is 21.6 Å². The van der Waals surface area contributed by atoms with E-state index in [-0.39, 0.29) is 0 Å². The van der Waals surface area contributed by atoms with Crippen LogP contribution >= 0.6 is 15.9 Å². The Morgan fingerprint density at radius 3 is 2.68 bits per heavy atom. The van der Waals surface area contributed by atoms with Crippen molar-refractivity contribution in [1.82, 2.24) is 5.32 Å². The van der Waals surface area contributed by atoms with Crippen molar-refractivity contribution in [2.24, 2.45) is 11.8 Å². The number of anilines is 1. The maximum absolute atomic E-state index is 3.70. The molecule has 1 aliphatic carbocycles. The van der Waals surface area contributed by atoms with Crippen molar-refractivity contribution in [3.63, 3.8) is 0 Å². The molecule has 0 aromatic heterocycles. The van der Waals surface area contributed by atoms with Gasteiger partial charge in [-0.2, -0.15) is 0 Å². The van der Waals surface area contributed by atoms with Gasteiger partial charge in [-0.1, -0.05) is 35.8 Å². The minimum absolute atomic E-state index is 0.697. The van der Waals surface area contributed by atoms with E-state index in [1.807, 2.05) is 0 Å². The third kappa shape index (κ3) is 4.81. The molecule has 3 heteroatoms. The normalized spacial score (nSPS) is 15.0. The molecular formula is C16H25BrN2. The molecule has 0 atom stereocenters. The van der Waals surface area contributed by atoms with Crippen LogP contribution in [0, 0.1) is 11.8 Å². The molecule has 0 amide bonds. The van der Waals surface area contributed by atoms with Crippen LogP contribution in [0.15, 0.2) is 22.7 Å². The monoisotopic (exact) mass is 324 g/mol. The van der Waals surface area contributed by atoms with Crippen molar-refractivity contribution < 1.29 is 0 Å². The minimum Gasteiger partial charge on any atom is -0.374 e. The summed E-state index contributed by atoms with van der Waals surface area (Å²) in [4.78, 5) is 2.37. The molecule has 1 saturated carbocycles. The van der Waals surface area contributed by atoms with E-state index in [2.05, 4.69) is 65.2 Å². The van der Waals surface area contributed by atoms with Crippen molar-refractivity contribution in [1.29, 1.82) is 0 Å². The molecule has 19 heavy (non-hydrogen) atoms. The van der Waals surface area contributed by atoms with Gasteiger partial charge >= 0.3 is 0 Å². The van der Waals surface area contributed by atoms with Gasteiger partial charge in [-0.3, -0.25) is 0 Å². The van der Waals surface area contributed by atoms with E-state index < -0.39 is 0 Å². The number of benzene rings is 1. The van der Waals surface area contributed by atoms with Crippen LogP contribution in [0.3, 0.4) is 0 Å². The molecule has 0 unspecified atom stereocenters. The van der Waals surface area contributed by atoms with Crippen molar-refractivity contribution in [2.45, 2.75) is 33.2 Å². The van der Waals surface area contributed by atoms with Crippen molar-refractivity contribution in [3.8, 4) is 0 Å². The van der Waals surface area contributed by atoms with E-state index >= 15 is 0 Å². The summed E-state index contributed by atoms with van der Waals surface area (Å²) in [7, 11) is 2.19. The molecule has 0 radical (unpaired) electrons. The summed E-state index contributed by atoms with van der Waals surface area (Å²) >= 11 is 3.70. The Morgan fingerprint density at radius 2 is 2.11 bits per heavy atom. The summed E-state index contributed by atoms with van der Waals surface area (Å²) in [6.07, 6.45) is 2.81. The predicted octanol–water partition coefficient (Wildman–Crippen LogP) is 4.04. The molecule has 0 heterocycles. The third-order valence-corrected chi connectivity index (χ3v) is 4.31. The molecule has 1 aromatic carbocycles. The van der Waals surface area contributed by atoms with E-state index in [0.717, 1.165) is 19.0 Å². The molecule has 0 spiro atoms. The first-order chi connectivity index (χ1) is 9.06. The molecular weight excluding hydrogens is 300 g/mol. The number of hydrogen-bond donors (Lipinski definition) is 1. The van der Waals surface area contributed by atoms with Gasteiger partial charge < -0.3 is 10.2 Å². The molecule has 0 aliphatic heterocycles. The van der Waals surface area contributed by atoms with Crippen LogP contribution in [0.1, 0.15) is 32.3 Å². The lowest BCUT2D eigenvalue weighted by Gasteiger charge is -2.20. The van der Waals surface area contributed by atoms with Crippen LogP contribution in [0.2, 0.25) is 0 Å². The first-order valence-electron chi connectivity index (χ1n) is 7.26. The summed E-state index contributed by atoms with van der Waals surface area (Å²) < 4.78 is 1.21. The Balaban J connectivity index is 1.91. The highest BCUT2D eigenvalue weighted by atomic mass is 79.9. The summed E-state index contributed by atoms with van der Waals surface area (Å²) in [5.41, 5.74) is 2.65. The van der Waals surface area contributed by atoms with Gasteiger partial charge in [0.15, 0.2) is 0 Å². The average molecular weight is 325 g/mol. The zero-order chi connectivity index (χ0) is 13.8. The Hall–Kier alpha value is -0.540. The molecule has 1 fully saturated rings. The highest BCUT2D eigenvalue weighted by Gasteiger charge is 2.23. The Morgan fingerprint density at radius 1 is 1.37 bits per heavy atom. The lowest BCUT2D eigenvalue weighted by atomic mass is 10.1. The van der Waals surface area contributed by atoms with Gasteiger partial charge in [-0.05, 0) is 48.9 Å². The largest absolute Gasteiger partial charge is 0.374 e. The number of nitrogens with one attached hydrogen (secondary N) is 1. The molecule has 2 rings (SSSR count). The average Bonchev–Trinajstić information content (AvgIpc) is 3.14. The molecule has 1 N–H and O–H groups in total. The zero-order valence-electron chi connectivity index (χ0n) is 12.2. The van der Waals surface area contributed by atoms with Crippen LogP contribution in [0.25, 0.3) is 0 Å². The van der Waals surface area contributed by atoms with E-state index in [0.29, 0.717) is 5.92 Å². The van der Waals surface area contributed by atoms with Crippen LogP contribution in [0.4, 0.5) is 5.69 Å². The van der Waals surface area contributed by atoms with E-state index in [9.17, 15) is 0 Å². The highest BCUT2D eigenvalue weighted by Crippen LogP contribution is 2.31. The van der Waals surface area contributed by atoms with Gasteiger partial charge in [-0.15, -0.1) is 0 Å². The summed E-state index contributed by atoms with van der Waals surface area (Å²) in [5.74, 6) is 1.62. The number of hydrogen-bond acceptors (Lipinski definition) is 2. The van der Waals surface area contributed by atoms with E-state index in [1.54, 1.807) is 0 Å². The quantitative estimate of drug-likeness (QED) is 0.814. The van der Waals surface area contributed by atoms with Crippen molar-refractivity contribution in [3.05, 3.63) is 28.2 Å². The van der Waals surface area contributed by atoms with Crippen LogP contribution < -0.4 is 10.2 Å². The second-order valence-corrected chi connectivity index (χ2v) is 6.98. The Labute approximate surface area is 125 Å². The molecule has 2 nitrogen and oxygen atoms in total. The second kappa shape index (κ2) is 6.76. The lowest BCUT2D eigenvalue weighted by molar-refractivity contribution is 0.552. The van der Waals surface area contributed by atoms with Gasteiger partial charge in [0.2, 0.25) is 0 Å². The van der Waals surface area contributed by atoms with Crippen LogP contribution in [0.5, 0.6) is 0 Å². The summed E-state index contributed by atoms with van der Waals surface area (Å²) in [5, 5.41) is 3.49. The minimum atomic E-state index is 0.697. The zero-order valence-corrected chi connectivity index (χ0v) is 13.8. The first-order valence-corrected chi connectivity index (χ1v) is 8.06. The third-order valence-electron chi connectivity index (χ3n) is 3.57. The Kier molecular flexibility index (Phi) is 5.28. The first kappa shape index (κ1) is 14.9. The number of nitrogens with zero attached hydrogens (tertiary/aromatic N) is 1. The fourth-order valence-corrected chi connectivity index (χ4v) is 2.71. The lowest BCUT2D eigenvalue weighted by Crippen LogP contribution is -2.21. The predicted molar refractivity (Wildman–Crippen MR) is 86.7 cm³/mol. The number of halogens is 1. The van der Waals surface area contributed by atoms with Crippen LogP contribution in [-0.4, -0.2) is 20.1 Å². The number of rotatable bonds is 7. The van der Waals surface area contributed by atoms with E-state index in [1.165, 1.54) is 35.1 Å². The molecule has 1 aliphatic rings. The van der Waals surface area contributed by atoms with Gasteiger partial charge in [0.1, 0.15) is 0 Å². The standard InChI is InChI=1S/C16H25BrN2/c1-12(2)9-18-10-14-6-7-15(8-16(14)17)19(3)11-13-4-5-13/h6-8,12-13,18H,4-5,9-11H2,1-3H3. The SMILES string of the molecule is CC(C)CNCc1ccc(N(C)CC2CC2)cc1Br. The fraction of sp³-hybridized carbons (Fsp3) is 0.625. The van der Waals surface area contributed by atoms with Gasteiger partial charge in [-0.25, -0.2) is 0 Å². The van der Waals surface area contributed by atoms with E-state index in [4.69, 9.17) is 0 Å². The molecule has 0 bridgehead atoms. The van der Waals surface area contributed by atoms with Gasteiger partial charge in [0.25, 0.3) is 0 Å². The second-order valence-electron chi connectivity index (χ2n) is 6.12. The topological polar surface area (TPSA) is 15.3 Å². The van der Waals surface area contributed by atoms with Gasteiger partial charge in [0.05, 0.1) is 0 Å². The molecule has 0 saturated heterocycles. The van der Waals surface area contributed by atoms with Crippen LogP contribution in [-0.2, 0) is 6.54 Å². The molecule has 1 aromatic rings. The fourth-order valence-electron chi connectivity index (χ4n) is 2.21. The maximum Gasteiger partial charge on any atom is 0.0375 e. The maximum atomic E-state index is 3.70. The summed E-state index contributed by atoms with van der Waals surface area (Å²) in [6, 6.07) is 6.71. The Bertz CT molecular complexity index is 413. The van der Waals surface area contributed by atoms with Gasteiger partial charge in [0, 0.05) is 30.3 Å². The highest BCUT2D eigenvalue weighted by molar-refractivity contribution is 9.10. The molecule has 106 valence electrons. The summed E-state index contributed by atoms with van der Waals surface area (Å²) in [6.45, 7) is 7.66. The smallest absolute Gasteiger partial charge is 0.0375 e.